The summed E-state index contributed by atoms with van der Waals surface area (Å²) in [5.74, 6) is -1.10. The first kappa shape index (κ1) is 15.6. The van der Waals surface area contributed by atoms with Crippen LogP contribution in [0.15, 0.2) is 24.3 Å². The molecule has 0 spiro atoms. The van der Waals surface area contributed by atoms with Crippen LogP contribution >= 0.6 is 11.6 Å². The SMILES string of the molecule is CN(Cc1ccc(Cl)cc1)C(=O)N1C[C@H](O)C[C@H]1C(=O)O. The average molecular weight is 313 g/mol. The first-order chi connectivity index (χ1) is 9.88. The molecule has 1 saturated heterocycles. The molecule has 0 saturated carbocycles. The summed E-state index contributed by atoms with van der Waals surface area (Å²) in [5.41, 5.74) is 0.891. The van der Waals surface area contributed by atoms with E-state index in [2.05, 4.69) is 0 Å². The van der Waals surface area contributed by atoms with Gasteiger partial charge >= 0.3 is 12.0 Å². The maximum atomic E-state index is 12.3. The van der Waals surface area contributed by atoms with E-state index in [-0.39, 0.29) is 13.0 Å². The summed E-state index contributed by atoms with van der Waals surface area (Å²) in [5, 5.41) is 19.3. The van der Waals surface area contributed by atoms with Gasteiger partial charge in [-0.25, -0.2) is 9.59 Å². The van der Waals surface area contributed by atoms with Gasteiger partial charge in [-0.2, -0.15) is 0 Å². The molecular formula is C14H17ClN2O4. The molecule has 0 bridgehead atoms. The van der Waals surface area contributed by atoms with Crippen molar-refractivity contribution in [3.63, 3.8) is 0 Å². The maximum Gasteiger partial charge on any atom is 0.326 e. The van der Waals surface area contributed by atoms with Crippen LogP contribution in [0.1, 0.15) is 12.0 Å². The van der Waals surface area contributed by atoms with Crippen molar-refractivity contribution >= 4 is 23.6 Å². The van der Waals surface area contributed by atoms with Crippen LogP contribution in [0.4, 0.5) is 4.79 Å². The van der Waals surface area contributed by atoms with Crippen molar-refractivity contribution in [2.45, 2.75) is 25.1 Å². The number of carboxylic acids is 1. The number of aliphatic hydroxyl groups excluding tert-OH is 1. The topological polar surface area (TPSA) is 81.1 Å². The van der Waals surface area contributed by atoms with E-state index in [1.54, 1.807) is 31.3 Å². The molecule has 6 nitrogen and oxygen atoms in total. The van der Waals surface area contributed by atoms with Crippen molar-refractivity contribution < 1.29 is 19.8 Å². The fourth-order valence-electron chi connectivity index (χ4n) is 2.41. The molecule has 21 heavy (non-hydrogen) atoms. The second-order valence-corrected chi connectivity index (χ2v) is 5.60. The molecule has 2 rings (SSSR count). The highest BCUT2D eigenvalue weighted by Gasteiger charge is 2.39. The third-order valence-electron chi connectivity index (χ3n) is 3.47. The minimum absolute atomic E-state index is 0.0424. The highest BCUT2D eigenvalue weighted by molar-refractivity contribution is 6.30. The van der Waals surface area contributed by atoms with Gasteiger partial charge in [0.25, 0.3) is 0 Å². The van der Waals surface area contributed by atoms with Crippen molar-refractivity contribution in [2.75, 3.05) is 13.6 Å². The lowest BCUT2D eigenvalue weighted by atomic mass is 10.2. The van der Waals surface area contributed by atoms with E-state index in [0.29, 0.717) is 11.6 Å². The number of halogens is 1. The number of aliphatic carboxylic acids is 1. The number of carboxylic acid groups (broad SMARTS) is 1. The summed E-state index contributed by atoms with van der Waals surface area (Å²) in [6.45, 7) is 0.385. The van der Waals surface area contributed by atoms with Gasteiger partial charge in [0.2, 0.25) is 0 Å². The molecule has 1 aromatic rings. The first-order valence-electron chi connectivity index (χ1n) is 6.55. The zero-order chi connectivity index (χ0) is 15.6. The van der Waals surface area contributed by atoms with Gasteiger partial charge < -0.3 is 20.0 Å². The highest BCUT2D eigenvalue weighted by Crippen LogP contribution is 2.20. The molecule has 114 valence electrons. The number of hydrogen-bond donors (Lipinski definition) is 2. The predicted molar refractivity (Wildman–Crippen MR) is 77.1 cm³/mol. The number of hydrogen-bond acceptors (Lipinski definition) is 3. The van der Waals surface area contributed by atoms with Crippen LogP contribution in [-0.2, 0) is 11.3 Å². The molecule has 7 heteroatoms. The fraction of sp³-hybridized carbons (Fsp3) is 0.429. The largest absolute Gasteiger partial charge is 0.480 e. The molecular weight excluding hydrogens is 296 g/mol. The van der Waals surface area contributed by atoms with Crippen molar-refractivity contribution in [1.29, 1.82) is 0 Å². The van der Waals surface area contributed by atoms with Gasteiger partial charge in [-0.1, -0.05) is 23.7 Å². The monoisotopic (exact) mass is 312 g/mol. The summed E-state index contributed by atoms with van der Waals surface area (Å²) >= 11 is 5.80. The molecule has 2 atom stereocenters. The molecule has 1 fully saturated rings. The van der Waals surface area contributed by atoms with E-state index in [0.717, 1.165) is 5.56 Å². The van der Waals surface area contributed by atoms with Gasteiger partial charge in [0.1, 0.15) is 6.04 Å². The highest BCUT2D eigenvalue weighted by atomic mass is 35.5. The second-order valence-electron chi connectivity index (χ2n) is 5.16. The third kappa shape index (κ3) is 3.65. The van der Waals surface area contributed by atoms with Crippen LogP contribution in [-0.4, -0.2) is 57.8 Å². The van der Waals surface area contributed by atoms with E-state index in [9.17, 15) is 14.7 Å². The quantitative estimate of drug-likeness (QED) is 0.884. The Morgan fingerprint density at radius 3 is 2.57 bits per heavy atom. The van der Waals surface area contributed by atoms with Crippen LogP contribution < -0.4 is 0 Å². The van der Waals surface area contributed by atoms with Gasteiger partial charge in [0.05, 0.1) is 6.10 Å². The van der Waals surface area contributed by atoms with Crippen LogP contribution in [0, 0.1) is 0 Å². The number of β-amino-alcohol motifs (C(OH)–C–C–N with tert-alkyl or cyclic N) is 1. The van der Waals surface area contributed by atoms with Crippen molar-refractivity contribution in [1.82, 2.24) is 9.80 Å². The van der Waals surface area contributed by atoms with E-state index < -0.39 is 24.1 Å². The molecule has 0 radical (unpaired) electrons. The number of likely N-dealkylation sites (tertiary alicyclic amines) is 1. The van der Waals surface area contributed by atoms with Crippen LogP contribution in [0.25, 0.3) is 0 Å². The molecule has 0 unspecified atom stereocenters. The summed E-state index contributed by atoms with van der Waals surface area (Å²) in [6.07, 6.45) is -0.727. The number of carbonyl (C=O) groups excluding carboxylic acids is 1. The molecule has 0 aromatic heterocycles. The Bertz CT molecular complexity index is 534. The van der Waals surface area contributed by atoms with Gasteiger partial charge in [-0.3, -0.25) is 0 Å². The second kappa shape index (κ2) is 6.32. The minimum Gasteiger partial charge on any atom is -0.480 e. The maximum absolute atomic E-state index is 12.3. The zero-order valence-corrected chi connectivity index (χ0v) is 12.3. The van der Waals surface area contributed by atoms with Crippen molar-refractivity contribution in [2.24, 2.45) is 0 Å². The fourth-order valence-corrected chi connectivity index (χ4v) is 2.54. The predicted octanol–water partition coefficient (Wildman–Crippen LogP) is 1.41. The summed E-state index contributed by atoms with van der Waals surface area (Å²) < 4.78 is 0. The van der Waals surface area contributed by atoms with E-state index in [4.69, 9.17) is 16.7 Å². The van der Waals surface area contributed by atoms with E-state index >= 15 is 0 Å². The van der Waals surface area contributed by atoms with Crippen LogP contribution in [0.5, 0.6) is 0 Å². The van der Waals surface area contributed by atoms with Gasteiger partial charge in [-0.05, 0) is 17.7 Å². The van der Waals surface area contributed by atoms with E-state index in [1.807, 2.05) is 0 Å². The molecule has 0 aliphatic carbocycles. The number of rotatable bonds is 3. The van der Waals surface area contributed by atoms with Gasteiger partial charge in [0, 0.05) is 31.6 Å². The number of urea groups is 1. The number of carbonyl (C=O) groups is 2. The molecule has 2 N–H and O–H groups in total. The lowest BCUT2D eigenvalue weighted by molar-refractivity contribution is -0.141. The van der Waals surface area contributed by atoms with Crippen LogP contribution in [0.3, 0.4) is 0 Å². The number of nitrogens with zero attached hydrogens (tertiary/aromatic N) is 2. The van der Waals surface area contributed by atoms with Crippen LogP contribution in [0.2, 0.25) is 5.02 Å². The summed E-state index contributed by atoms with van der Waals surface area (Å²) in [4.78, 5) is 26.1. The third-order valence-corrected chi connectivity index (χ3v) is 3.72. The standard InChI is InChI=1S/C14H17ClN2O4/c1-16(7-9-2-4-10(15)5-3-9)14(21)17-8-11(18)6-12(17)13(19)20/h2-5,11-12,18H,6-8H2,1H3,(H,19,20)/t11-,12+/m1/s1. The number of benzene rings is 1. The lowest BCUT2D eigenvalue weighted by Crippen LogP contribution is -2.46. The van der Waals surface area contributed by atoms with E-state index in [1.165, 1.54) is 9.80 Å². The smallest absolute Gasteiger partial charge is 0.326 e. The molecule has 2 amide bonds. The van der Waals surface area contributed by atoms with Gasteiger partial charge in [0.15, 0.2) is 0 Å². The number of aliphatic hydroxyl groups is 1. The first-order valence-corrected chi connectivity index (χ1v) is 6.93. The Kier molecular flexibility index (Phi) is 4.69. The minimum atomic E-state index is -1.10. The van der Waals surface area contributed by atoms with Gasteiger partial charge in [-0.15, -0.1) is 0 Å². The molecule has 1 heterocycles. The Morgan fingerprint density at radius 1 is 1.38 bits per heavy atom. The Balaban J connectivity index is 2.04. The lowest BCUT2D eigenvalue weighted by Gasteiger charge is -2.27. The molecule has 1 aliphatic rings. The van der Waals surface area contributed by atoms with Crippen molar-refractivity contribution in [3.8, 4) is 0 Å². The Morgan fingerprint density at radius 2 is 2.00 bits per heavy atom. The Hall–Kier alpha value is -1.79. The average Bonchev–Trinajstić information content (AvgIpc) is 2.82. The zero-order valence-electron chi connectivity index (χ0n) is 11.6. The summed E-state index contributed by atoms with van der Waals surface area (Å²) in [6, 6.07) is 5.69. The molecule has 1 aliphatic heterocycles. The Labute approximate surface area is 127 Å². The number of amides is 2. The normalized spacial score (nSPS) is 21.4. The molecule has 1 aromatic carbocycles. The summed E-state index contributed by atoms with van der Waals surface area (Å²) in [7, 11) is 1.60. The van der Waals surface area contributed by atoms with Crippen molar-refractivity contribution in [3.05, 3.63) is 34.9 Å².